The van der Waals surface area contributed by atoms with E-state index in [1.807, 2.05) is 0 Å². The first-order valence-electron chi connectivity index (χ1n) is 7.65. The number of amides is 1. The lowest BCUT2D eigenvalue weighted by Crippen LogP contribution is -2.41. The minimum absolute atomic E-state index is 0.172. The number of carbonyl (C=O) groups is 1. The van der Waals surface area contributed by atoms with Crippen molar-refractivity contribution >= 4 is 15.9 Å². The van der Waals surface area contributed by atoms with Gasteiger partial charge in [0, 0.05) is 25.3 Å². The molecule has 1 amide bonds. The van der Waals surface area contributed by atoms with Crippen LogP contribution in [0.2, 0.25) is 0 Å². The number of hydrogen-bond acceptors (Lipinski definition) is 5. The van der Waals surface area contributed by atoms with E-state index >= 15 is 0 Å². The third kappa shape index (κ3) is 3.48. The zero-order chi connectivity index (χ0) is 16.6. The van der Waals surface area contributed by atoms with Crippen molar-refractivity contribution < 1.29 is 17.9 Å². The molecule has 0 aromatic carbocycles. The second-order valence-electron chi connectivity index (χ2n) is 6.22. The lowest BCUT2D eigenvalue weighted by atomic mass is 9.98. The molecule has 2 heterocycles. The van der Waals surface area contributed by atoms with Gasteiger partial charge in [0.2, 0.25) is 15.9 Å². The first-order valence-corrected chi connectivity index (χ1v) is 9.50. The zero-order valence-corrected chi connectivity index (χ0v) is 14.0. The molecular formula is C15H21N3O4S. The van der Waals surface area contributed by atoms with Crippen LogP contribution >= 0.6 is 0 Å². The highest BCUT2D eigenvalue weighted by atomic mass is 32.2. The highest BCUT2D eigenvalue weighted by Gasteiger charge is 2.45. The van der Waals surface area contributed by atoms with E-state index < -0.39 is 10.0 Å². The van der Waals surface area contributed by atoms with Crippen molar-refractivity contribution in [1.82, 2.24) is 14.6 Å². The summed E-state index contributed by atoms with van der Waals surface area (Å²) in [5, 5.41) is 2.98. The molecule has 0 radical (unpaired) electrons. The maximum absolute atomic E-state index is 12.5. The molecule has 2 fully saturated rings. The summed E-state index contributed by atoms with van der Waals surface area (Å²) in [6, 6.07) is 3.15. The average molecular weight is 339 g/mol. The number of hydrogen-bond donors (Lipinski definition) is 1. The summed E-state index contributed by atoms with van der Waals surface area (Å²) in [6.07, 6.45) is 4.98. The Morgan fingerprint density at radius 1 is 1.39 bits per heavy atom. The van der Waals surface area contributed by atoms with Gasteiger partial charge < -0.3 is 10.1 Å². The fourth-order valence-corrected chi connectivity index (χ4v) is 4.06. The Morgan fingerprint density at radius 2 is 2.13 bits per heavy atom. The predicted octanol–water partition coefficient (Wildman–Crippen LogP) is 0.490. The smallest absolute Gasteiger partial charge is 0.257 e. The summed E-state index contributed by atoms with van der Waals surface area (Å²) in [5.74, 6) is 0.672. The number of aromatic nitrogens is 1. The summed E-state index contributed by atoms with van der Waals surface area (Å²) in [7, 11) is -1.78. The van der Waals surface area contributed by atoms with Gasteiger partial charge in [0.25, 0.3) is 5.91 Å². The molecule has 1 N–H and O–H groups in total. The van der Waals surface area contributed by atoms with E-state index in [-0.39, 0.29) is 23.7 Å². The fourth-order valence-electron chi connectivity index (χ4n) is 3.19. The molecule has 1 aliphatic carbocycles. The van der Waals surface area contributed by atoms with Crippen molar-refractivity contribution in [3.63, 3.8) is 0 Å². The quantitative estimate of drug-likeness (QED) is 0.843. The number of nitrogens with zero attached hydrogens (tertiary/aromatic N) is 2. The van der Waals surface area contributed by atoms with Gasteiger partial charge in [-0.05, 0) is 36.8 Å². The molecule has 2 aliphatic rings. The van der Waals surface area contributed by atoms with E-state index in [1.165, 1.54) is 17.7 Å². The second-order valence-corrected chi connectivity index (χ2v) is 8.20. The molecule has 0 spiro atoms. The van der Waals surface area contributed by atoms with Gasteiger partial charge in [0.05, 0.1) is 13.4 Å². The van der Waals surface area contributed by atoms with Crippen LogP contribution in [0.1, 0.15) is 23.2 Å². The minimum atomic E-state index is -3.24. The number of pyridine rings is 1. The number of carbonyl (C=O) groups excluding carboxylic acids is 1. The molecule has 126 valence electrons. The Bertz CT molecular complexity index is 702. The lowest BCUT2D eigenvalue weighted by molar-refractivity contribution is 0.0924. The predicted molar refractivity (Wildman–Crippen MR) is 84.7 cm³/mol. The van der Waals surface area contributed by atoms with Gasteiger partial charge in [-0.2, -0.15) is 4.31 Å². The third-order valence-corrected chi connectivity index (χ3v) is 5.79. The summed E-state index contributed by atoms with van der Waals surface area (Å²) >= 11 is 0. The van der Waals surface area contributed by atoms with Crippen LogP contribution in [0.3, 0.4) is 0 Å². The topological polar surface area (TPSA) is 88.6 Å². The molecule has 7 nitrogen and oxygen atoms in total. The van der Waals surface area contributed by atoms with Crippen molar-refractivity contribution in [2.24, 2.45) is 11.8 Å². The Balaban J connectivity index is 1.76. The van der Waals surface area contributed by atoms with Gasteiger partial charge in [-0.15, -0.1) is 0 Å². The lowest BCUT2D eigenvalue weighted by Gasteiger charge is -2.19. The molecular weight excluding hydrogens is 318 g/mol. The summed E-state index contributed by atoms with van der Waals surface area (Å²) in [4.78, 5) is 16.6. The molecule has 1 aromatic rings. The van der Waals surface area contributed by atoms with Crippen molar-refractivity contribution in [1.29, 1.82) is 0 Å². The molecule has 8 heteroatoms. The van der Waals surface area contributed by atoms with Crippen LogP contribution in [0.5, 0.6) is 5.88 Å². The standard InChI is InChI=1S/C15H21N3O4S/c1-22-15-11(4-3-7-16-15)14(19)17-13-9-18(23(2,20)21)8-12(13)10-5-6-10/h3-4,7,10,12-13H,5-6,8-9H2,1-2H3,(H,17,19)/t12-,13+/m1/s1. The van der Waals surface area contributed by atoms with Crippen LogP contribution in [-0.4, -0.2) is 56.1 Å². The van der Waals surface area contributed by atoms with Crippen LogP contribution in [0.25, 0.3) is 0 Å². The fraction of sp³-hybridized carbons (Fsp3) is 0.600. The maximum Gasteiger partial charge on any atom is 0.257 e. The van der Waals surface area contributed by atoms with E-state index in [0.717, 1.165) is 12.8 Å². The average Bonchev–Trinajstić information content (AvgIpc) is 3.26. The Morgan fingerprint density at radius 3 is 2.74 bits per heavy atom. The first-order chi connectivity index (χ1) is 10.9. The Kier molecular flexibility index (Phi) is 4.29. The molecule has 2 atom stereocenters. The van der Waals surface area contributed by atoms with E-state index in [9.17, 15) is 13.2 Å². The summed E-state index contributed by atoms with van der Waals surface area (Å²) in [5.41, 5.74) is 0.363. The highest BCUT2D eigenvalue weighted by Crippen LogP contribution is 2.42. The van der Waals surface area contributed by atoms with Crippen molar-refractivity contribution in [2.45, 2.75) is 18.9 Å². The SMILES string of the molecule is COc1ncccc1C(=O)N[C@H]1CN(S(C)(=O)=O)C[C@@H]1C1CC1. The van der Waals surface area contributed by atoms with Crippen molar-refractivity contribution in [3.05, 3.63) is 23.9 Å². The third-order valence-electron chi connectivity index (χ3n) is 4.55. The highest BCUT2D eigenvalue weighted by molar-refractivity contribution is 7.88. The van der Waals surface area contributed by atoms with E-state index in [1.54, 1.807) is 18.3 Å². The van der Waals surface area contributed by atoms with Crippen molar-refractivity contribution in [3.8, 4) is 5.88 Å². The summed E-state index contributed by atoms with van der Waals surface area (Å²) in [6.45, 7) is 0.812. The number of ether oxygens (including phenoxy) is 1. The number of rotatable bonds is 5. The van der Waals surface area contributed by atoms with E-state index in [4.69, 9.17) is 4.74 Å². The molecule has 0 unspecified atom stereocenters. The number of sulfonamides is 1. The monoisotopic (exact) mass is 339 g/mol. The molecule has 0 bridgehead atoms. The molecule has 1 saturated carbocycles. The molecule has 1 saturated heterocycles. The first kappa shape index (κ1) is 16.2. The van der Waals surface area contributed by atoms with Crippen LogP contribution in [0.15, 0.2) is 18.3 Å². The van der Waals surface area contributed by atoms with Gasteiger partial charge in [0.1, 0.15) is 5.56 Å². The van der Waals surface area contributed by atoms with Gasteiger partial charge >= 0.3 is 0 Å². The Labute approximate surface area is 136 Å². The summed E-state index contributed by atoms with van der Waals surface area (Å²) < 4.78 is 30.2. The Hall–Kier alpha value is -1.67. The zero-order valence-electron chi connectivity index (χ0n) is 13.2. The van der Waals surface area contributed by atoms with E-state index in [2.05, 4.69) is 10.3 Å². The molecule has 23 heavy (non-hydrogen) atoms. The van der Waals surface area contributed by atoms with E-state index in [0.29, 0.717) is 24.6 Å². The van der Waals surface area contributed by atoms with Gasteiger partial charge in [-0.3, -0.25) is 4.79 Å². The number of nitrogens with one attached hydrogen (secondary N) is 1. The molecule has 3 rings (SSSR count). The van der Waals surface area contributed by atoms with Crippen LogP contribution in [0.4, 0.5) is 0 Å². The molecule has 1 aromatic heterocycles. The largest absolute Gasteiger partial charge is 0.480 e. The van der Waals surface area contributed by atoms with Crippen LogP contribution in [-0.2, 0) is 10.0 Å². The normalized spacial score (nSPS) is 25.3. The van der Waals surface area contributed by atoms with Crippen molar-refractivity contribution in [2.75, 3.05) is 26.5 Å². The van der Waals surface area contributed by atoms with Crippen LogP contribution in [0, 0.1) is 11.8 Å². The number of methoxy groups -OCH3 is 1. The second kappa shape index (κ2) is 6.09. The van der Waals surface area contributed by atoms with Crippen LogP contribution < -0.4 is 10.1 Å². The maximum atomic E-state index is 12.5. The minimum Gasteiger partial charge on any atom is -0.480 e. The molecule has 1 aliphatic heterocycles. The van der Waals surface area contributed by atoms with Gasteiger partial charge in [-0.25, -0.2) is 13.4 Å². The van der Waals surface area contributed by atoms with Gasteiger partial charge in [-0.1, -0.05) is 0 Å². The van der Waals surface area contributed by atoms with Gasteiger partial charge in [0.15, 0.2) is 0 Å².